The largest absolute Gasteiger partial charge is 0.321 e. The van der Waals surface area contributed by atoms with Crippen molar-refractivity contribution in [2.45, 2.75) is 20.3 Å². The van der Waals surface area contributed by atoms with Crippen LogP contribution in [-0.2, 0) is 11.2 Å². The predicted octanol–water partition coefficient (Wildman–Crippen LogP) is 6.75. The van der Waals surface area contributed by atoms with Crippen LogP contribution in [0.5, 0.6) is 0 Å². The third-order valence-electron chi connectivity index (χ3n) is 4.86. The third kappa shape index (κ3) is 5.30. The summed E-state index contributed by atoms with van der Waals surface area (Å²) in [7, 11) is 0. The number of hydrogen-bond donors (Lipinski definition) is 1. The van der Waals surface area contributed by atoms with Crippen molar-refractivity contribution >= 4 is 40.9 Å². The van der Waals surface area contributed by atoms with Gasteiger partial charge in [0.2, 0.25) is 0 Å². The summed E-state index contributed by atoms with van der Waals surface area (Å²) in [6.07, 6.45) is 2.13. The van der Waals surface area contributed by atoms with Crippen LogP contribution in [-0.4, -0.2) is 5.91 Å². The zero-order valence-corrected chi connectivity index (χ0v) is 18.2. The zero-order valence-electron chi connectivity index (χ0n) is 16.7. The number of aryl methyl sites for hydroxylation is 2. The van der Waals surface area contributed by atoms with Crippen molar-refractivity contribution < 1.29 is 4.79 Å². The second-order valence-electron chi connectivity index (χ2n) is 7.04. The summed E-state index contributed by atoms with van der Waals surface area (Å²) < 4.78 is 0. The molecule has 3 nitrogen and oxygen atoms in total. The van der Waals surface area contributed by atoms with Crippen LogP contribution in [0, 0.1) is 25.2 Å². The molecule has 0 aromatic heterocycles. The standard InChI is InChI=1S/C25H20Cl2N2O/c1-16-7-10-22(11-17(16)2)29-25(30)21(15-28)12-18-8-9-20(24(27)13-18)14-19-5-3-4-6-23(19)26/h3-13H,14H2,1-2H3,(H,29,30)/b21-12+. The Morgan fingerprint density at radius 1 is 0.967 bits per heavy atom. The van der Waals surface area contributed by atoms with E-state index in [2.05, 4.69) is 5.32 Å². The Morgan fingerprint density at radius 3 is 2.37 bits per heavy atom. The summed E-state index contributed by atoms with van der Waals surface area (Å²) in [4.78, 5) is 12.5. The molecular formula is C25H20Cl2N2O. The molecule has 150 valence electrons. The number of carbonyl (C=O) groups excluding carboxylic acids is 1. The number of nitriles is 1. The van der Waals surface area contributed by atoms with E-state index in [-0.39, 0.29) is 5.57 Å². The van der Waals surface area contributed by atoms with E-state index in [1.807, 2.05) is 74.5 Å². The van der Waals surface area contributed by atoms with Gasteiger partial charge in [0, 0.05) is 22.2 Å². The lowest BCUT2D eigenvalue weighted by Crippen LogP contribution is -2.13. The quantitative estimate of drug-likeness (QED) is 0.356. The van der Waals surface area contributed by atoms with Crippen molar-refractivity contribution in [2.75, 3.05) is 5.32 Å². The van der Waals surface area contributed by atoms with Gasteiger partial charge in [-0.2, -0.15) is 5.26 Å². The van der Waals surface area contributed by atoms with Gasteiger partial charge in [0.15, 0.2) is 0 Å². The van der Waals surface area contributed by atoms with E-state index < -0.39 is 5.91 Å². The Balaban J connectivity index is 1.79. The molecule has 30 heavy (non-hydrogen) atoms. The van der Waals surface area contributed by atoms with Gasteiger partial charge in [-0.25, -0.2) is 0 Å². The normalized spacial score (nSPS) is 11.1. The van der Waals surface area contributed by atoms with E-state index in [0.29, 0.717) is 27.7 Å². The van der Waals surface area contributed by atoms with Crippen LogP contribution in [0.25, 0.3) is 6.08 Å². The molecule has 0 saturated heterocycles. The molecule has 0 unspecified atom stereocenters. The number of nitrogens with zero attached hydrogens (tertiary/aromatic N) is 1. The Kier molecular flexibility index (Phi) is 6.95. The van der Waals surface area contributed by atoms with Crippen molar-refractivity contribution in [3.63, 3.8) is 0 Å². The van der Waals surface area contributed by atoms with Gasteiger partial charge in [-0.05, 0) is 72.0 Å². The Morgan fingerprint density at radius 2 is 1.70 bits per heavy atom. The number of nitrogens with one attached hydrogen (secondary N) is 1. The number of halogens is 2. The topological polar surface area (TPSA) is 52.9 Å². The molecule has 0 aliphatic rings. The van der Waals surface area contributed by atoms with Crippen LogP contribution in [0.4, 0.5) is 5.69 Å². The van der Waals surface area contributed by atoms with E-state index in [9.17, 15) is 10.1 Å². The van der Waals surface area contributed by atoms with Gasteiger partial charge >= 0.3 is 0 Å². The highest BCUT2D eigenvalue weighted by atomic mass is 35.5. The molecule has 0 atom stereocenters. The van der Waals surface area contributed by atoms with Crippen molar-refractivity contribution in [3.05, 3.63) is 104 Å². The summed E-state index contributed by atoms with van der Waals surface area (Å²) in [5.74, 6) is -0.461. The highest BCUT2D eigenvalue weighted by Crippen LogP contribution is 2.25. The van der Waals surface area contributed by atoms with Crippen LogP contribution in [0.3, 0.4) is 0 Å². The predicted molar refractivity (Wildman–Crippen MR) is 124 cm³/mol. The molecule has 0 fully saturated rings. The molecular weight excluding hydrogens is 415 g/mol. The van der Waals surface area contributed by atoms with Gasteiger partial charge in [0.25, 0.3) is 5.91 Å². The van der Waals surface area contributed by atoms with Crippen molar-refractivity contribution in [1.82, 2.24) is 0 Å². The number of rotatable bonds is 5. The maximum Gasteiger partial charge on any atom is 0.266 e. The molecule has 0 aliphatic heterocycles. The second kappa shape index (κ2) is 9.63. The van der Waals surface area contributed by atoms with Crippen LogP contribution in [0.2, 0.25) is 10.0 Å². The average molecular weight is 435 g/mol. The number of amides is 1. The fraction of sp³-hybridized carbons (Fsp3) is 0.120. The van der Waals surface area contributed by atoms with E-state index in [1.165, 1.54) is 6.08 Å². The first-order valence-electron chi connectivity index (χ1n) is 9.39. The molecule has 3 rings (SSSR count). The van der Waals surface area contributed by atoms with E-state index >= 15 is 0 Å². The monoisotopic (exact) mass is 434 g/mol. The summed E-state index contributed by atoms with van der Waals surface area (Å²) in [5, 5.41) is 13.5. The summed E-state index contributed by atoms with van der Waals surface area (Å²) in [6, 6.07) is 20.7. The van der Waals surface area contributed by atoms with Gasteiger partial charge in [0.05, 0.1) is 0 Å². The van der Waals surface area contributed by atoms with Crippen molar-refractivity contribution in [3.8, 4) is 6.07 Å². The first kappa shape index (κ1) is 21.6. The molecule has 3 aromatic rings. The van der Waals surface area contributed by atoms with Gasteiger partial charge in [-0.1, -0.05) is 59.6 Å². The Labute approximate surface area is 186 Å². The minimum Gasteiger partial charge on any atom is -0.321 e. The maximum absolute atomic E-state index is 12.5. The Hall–Kier alpha value is -3.06. The molecule has 0 aliphatic carbocycles. The lowest BCUT2D eigenvalue weighted by atomic mass is 10.0. The van der Waals surface area contributed by atoms with E-state index in [0.717, 1.165) is 22.3 Å². The summed E-state index contributed by atoms with van der Waals surface area (Å²) >= 11 is 12.7. The fourth-order valence-corrected chi connectivity index (χ4v) is 3.43. The SMILES string of the molecule is Cc1ccc(NC(=O)/C(C#N)=C/c2ccc(Cc3ccccc3Cl)c(Cl)c2)cc1C. The minimum absolute atomic E-state index is 0.00292. The number of anilines is 1. The van der Waals surface area contributed by atoms with Gasteiger partial charge in [0.1, 0.15) is 11.6 Å². The maximum atomic E-state index is 12.5. The lowest BCUT2D eigenvalue weighted by molar-refractivity contribution is -0.112. The average Bonchev–Trinajstić information content (AvgIpc) is 2.72. The van der Waals surface area contributed by atoms with E-state index in [1.54, 1.807) is 6.07 Å². The van der Waals surface area contributed by atoms with Crippen LogP contribution < -0.4 is 5.32 Å². The highest BCUT2D eigenvalue weighted by molar-refractivity contribution is 6.32. The molecule has 0 heterocycles. The molecule has 0 bridgehead atoms. The van der Waals surface area contributed by atoms with Crippen LogP contribution in [0.15, 0.2) is 66.2 Å². The molecule has 0 saturated carbocycles. The van der Waals surface area contributed by atoms with E-state index in [4.69, 9.17) is 23.2 Å². The molecule has 3 aromatic carbocycles. The zero-order chi connectivity index (χ0) is 21.7. The van der Waals surface area contributed by atoms with Gasteiger partial charge in [-0.15, -0.1) is 0 Å². The van der Waals surface area contributed by atoms with Crippen molar-refractivity contribution in [1.29, 1.82) is 5.26 Å². The van der Waals surface area contributed by atoms with Crippen LogP contribution in [0.1, 0.15) is 27.8 Å². The number of benzene rings is 3. The first-order chi connectivity index (χ1) is 14.4. The van der Waals surface area contributed by atoms with Gasteiger partial charge in [-0.3, -0.25) is 4.79 Å². The minimum atomic E-state index is -0.461. The lowest BCUT2D eigenvalue weighted by Gasteiger charge is -2.09. The van der Waals surface area contributed by atoms with Crippen LogP contribution >= 0.6 is 23.2 Å². The summed E-state index contributed by atoms with van der Waals surface area (Å²) in [6.45, 7) is 3.97. The number of carbonyl (C=O) groups is 1. The Bertz CT molecular complexity index is 1180. The molecule has 0 radical (unpaired) electrons. The third-order valence-corrected chi connectivity index (χ3v) is 5.58. The molecule has 1 amide bonds. The fourth-order valence-electron chi connectivity index (χ4n) is 2.98. The first-order valence-corrected chi connectivity index (χ1v) is 10.1. The number of hydrogen-bond acceptors (Lipinski definition) is 2. The molecule has 0 spiro atoms. The molecule has 5 heteroatoms. The molecule has 1 N–H and O–H groups in total. The van der Waals surface area contributed by atoms with Gasteiger partial charge < -0.3 is 5.32 Å². The second-order valence-corrected chi connectivity index (χ2v) is 7.86. The summed E-state index contributed by atoms with van der Waals surface area (Å²) in [5.41, 5.74) is 5.43. The van der Waals surface area contributed by atoms with Crippen molar-refractivity contribution in [2.24, 2.45) is 0 Å². The smallest absolute Gasteiger partial charge is 0.266 e. The highest BCUT2D eigenvalue weighted by Gasteiger charge is 2.11.